The van der Waals surface area contributed by atoms with Gasteiger partial charge >= 0.3 is 0 Å². The highest BCUT2D eigenvalue weighted by atomic mass is 79.9. The smallest absolute Gasteiger partial charge is 0.237 e. The first-order chi connectivity index (χ1) is 12.7. The molecule has 4 nitrogen and oxygen atoms in total. The summed E-state index contributed by atoms with van der Waals surface area (Å²) >= 11 is 3.32. The average Bonchev–Trinajstić information content (AvgIpc) is 3.13. The number of hydrogen-bond acceptors (Lipinski definition) is 2. The van der Waals surface area contributed by atoms with E-state index in [4.69, 9.17) is 0 Å². The molecular formula is C21H21BrN2O2. The maximum atomic E-state index is 13.4. The first kappa shape index (κ1) is 17.3. The number of anilines is 2. The Morgan fingerprint density at radius 3 is 2.42 bits per heavy atom. The van der Waals surface area contributed by atoms with E-state index in [2.05, 4.69) is 15.9 Å². The van der Waals surface area contributed by atoms with Crippen LogP contribution in [0.3, 0.4) is 0 Å². The first-order valence-corrected chi connectivity index (χ1v) is 10.1. The molecule has 4 rings (SSSR count). The summed E-state index contributed by atoms with van der Waals surface area (Å²) in [7, 11) is 0. The van der Waals surface area contributed by atoms with E-state index >= 15 is 0 Å². The molecule has 2 amide bonds. The Morgan fingerprint density at radius 1 is 1.00 bits per heavy atom. The molecule has 0 aromatic heterocycles. The lowest BCUT2D eigenvalue weighted by Crippen LogP contribution is -2.45. The Morgan fingerprint density at radius 2 is 1.69 bits per heavy atom. The van der Waals surface area contributed by atoms with E-state index in [1.165, 1.54) is 0 Å². The van der Waals surface area contributed by atoms with Gasteiger partial charge in [0.05, 0.1) is 29.2 Å². The van der Waals surface area contributed by atoms with Crippen LogP contribution in [0.1, 0.15) is 24.8 Å². The molecule has 1 heterocycles. The molecule has 0 N–H and O–H groups in total. The van der Waals surface area contributed by atoms with Crippen molar-refractivity contribution in [3.05, 3.63) is 60.2 Å². The van der Waals surface area contributed by atoms with Gasteiger partial charge in [-0.25, -0.2) is 0 Å². The van der Waals surface area contributed by atoms with Crippen LogP contribution in [-0.4, -0.2) is 23.2 Å². The van der Waals surface area contributed by atoms with E-state index in [0.717, 1.165) is 36.2 Å². The van der Waals surface area contributed by atoms with Crippen molar-refractivity contribution in [3.63, 3.8) is 0 Å². The van der Waals surface area contributed by atoms with Gasteiger partial charge in [0, 0.05) is 6.04 Å². The van der Waals surface area contributed by atoms with Gasteiger partial charge in [-0.1, -0.05) is 64.8 Å². The fourth-order valence-corrected chi connectivity index (χ4v) is 4.51. The zero-order valence-corrected chi connectivity index (χ0v) is 16.1. The Labute approximate surface area is 161 Å². The zero-order chi connectivity index (χ0) is 18.1. The monoisotopic (exact) mass is 412 g/mol. The lowest BCUT2D eigenvalue weighted by atomic mass is 10.0. The summed E-state index contributed by atoms with van der Waals surface area (Å²) in [4.78, 5) is 29.9. The molecule has 5 heteroatoms. The molecule has 0 bridgehead atoms. The van der Waals surface area contributed by atoms with Crippen molar-refractivity contribution in [1.82, 2.24) is 0 Å². The number of benzene rings is 2. The number of hydrogen-bond donors (Lipinski definition) is 0. The molecule has 1 fully saturated rings. The molecule has 2 atom stereocenters. The van der Waals surface area contributed by atoms with E-state index in [1.807, 2.05) is 64.4 Å². The van der Waals surface area contributed by atoms with Crippen LogP contribution >= 0.6 is 15.9 Å². The molecule has 134 valence electrons. The van der Waals surface area contributed by atoms with Crippen LogP contribution in [0.2, 0.25) is 0 Å². The van der Waals surface area contributed by atoms with Crippen molar-refractivity contribution in [3.8, 4) is 0 Å². The molecular weight excluding hydrogens is 392 g/mol. The van der Waals surface area contributed by atoms with Gasteiger partial charge in [-0.15, -0.1) is 0 Å². The van der Waals surface area contributed by atoms with E-state index in [0.29, 0.717) is 6.54 Å². The molecule has 0 radical (unpaired) electrons. The molecule has 0 spiro atoms. The summed E-state index contributed by atoms with van der Waals surface area (Å²) in [6, 6.07) is 17.8. The topological polar surface area (TPSA) is 40.6 Å². The van der Waals surface area contributed by atoms with E-state index in [-0.39, 0.29) is 29.1 Å². The molecule has 1 aliphatic heterocycles. The third kappa shape index (κ3) is 2.94. The van der Waals surface area contributed by atoms with Gasteiger partial charge in [-0.3, -0.25) is 9.59 Å². The molecule has 0 saturated heterocycles. The Kier molecular flexibility index (Phi) is 4.81. The number of halogens is 1. The van der Waals surface area contributed by atoms with Gasteiger partial charge in [-0.2, -0.15) is 0 Å². The van der Waals surface area contributed by atoms with Crippen molar-refractivity contribution in [2.75, 3.05) is 15.1 Å². The van der Waals surface area contributed by atoms with E-state index in [1.54, 1.807) is 0 Å². The van der Waals surface area contributed by atoms with Crippen LogP contribution in [0.15, 0.2) is 54.6 Å². The highest BCUT2D eigenvalue weighted by Crippen LogP contribution is 2.43. The van der Waals surface area contributed by atoms with Gasteiger partial charge in [0.25, 0.3) is 0 Å². The van der Waals surface area contributed by atoms with Crippen molar-refractivity contribution in [2.45, 2.75) is 31.8 Å². The number of fused-ring (bicyclic) bond motifs is 2. The third-order valence-electron chi connectivity index (χ3n) is 5.39. The summed E-state index contributed by atoms with van der Waals surface area (Å²) in [6.07, 6.45) is 2.70. The van der Waals surface area contributed by atoms with Crippen molar-refractivity contribution in [1.29, 1.82) is 0 Å². The number of para-hydroxylation sites is 2. The van der Waals surface area contributed by atoms with Gasteiger partial charge in [-0.05, 0) is 30.5 Å². The predicted molar refractivity (Wildman–Crippen MR) is 106 cm³/mol. The second kappa shape index (κ2) is 7.23. The minimum Gasteiger partial charge on any atom is -0.306 e. The summed E-state index contributed by atoms with van der Waals surface area (Å²) in [5, 5.41) is 0.261. The lowest BCUT2D eigenvalue weighted by Gasteiger charge is -2.30. The van der Waals surface area contributed by atoms with Crippen LogP contribution < -0.4 is 9.80 Å². The highest BCUT2D eigenvalue weighted by Gasteiger charge is 2.45. The minimum atomic E-state index is -0.130. The molecule has 26 heavy (non-hydrogen) atoms. The summed E-state index contributed by atoms with van der Waals surface area (Å²) in [5.41, 5.74) is 2.76. The van der Waals surface area contributed by atoms with Crippen molar-refractivity contribution < 1.29 is 9.59 Å². The van der Waals surface area contributed by atoms with Crippen LogP contribution in [0.5, 0.6) is 0 Å². The first-order valence-electron chi connectivity index (χ1n) is 9.03. The number of alkyl halides is 1. The molecule has 2 unspecified atom stereocenters. The fourth-order valence-electron chi connectivity index (χ4n) is 4.24. The Hall–Kier alpha value is -2.14. The largest absolute Gasteiger partial charge is 0.306 e. The maximum Gasteiger partial charge on any atom is 0.237 e. The van der Waals surface area contributed by atoms with Crippen LogP contribution in [0.25, 0.3) is 0 Å². The SMILES string of the molecule is O=C1C2CCCC2N(C(=O)CBr)c2ccccc2N1Cc1ccccc1. The van der Waals surface area contributed by atoms with Crippen LogP contribution in [0, 0.1) is 5.92 Å². The minimum absolute atomic E-state index is 0.0173. The van der Waals surface area contributed by atoms with Gasteiger partial charge < -0.3 is 9.80 Å². The molecule has 1 aliphatic carbocycles. The lowest BCUT2D eigenvalue weighted by molar-refractivity contribution is -0.122. The number of amides is 2. The van der Waals surface area contributed by atoms with E-state index < -0.39 is 0 Å². The molecule has 2 aromatic carbocycles. The van der Waals surface area contributed by atoms with E-state index in [9.17, 15) is 9.59 Å². The van der Waals surface area contributed by atoms with Gasteiger partial charge in [0.15, 0.2) is 0 Å². The van der Waals surface area contributed by atoms with Crippen molar-refractivity contribution in [2.24, 2.45) is 5.92 Å². The number of nitrogens with zero attached hydrogens (tertiary/aromatic N) is 2. The Balaban J connectivity index is 1.83. The number of carbonyl (C=O) groups excluding carboxylic acids is 2. The highest BCUT2D eigenvalue weighted by molar-refractivity contribution is 9.09. The summed E-state index contributed by atoms with van der Waals surface area (Å²) < 4.78 is 0. The average molecular weight is 413 g/mol. The third-order valence-corrected chi connectivity index (χ3v) is 5.87. The van der Waals surface area contributed by atoms with Gasteiger partial charge in [0.1, 0.15) is 0 Å². The normalized spacial score (nSPS) is 22.0. The fraction of sp³-hybridized carbons (Fsp3) is 0.333. The molecule has 2 aliphatic rings. The van der Waals surface area contributed by atoms with Crippen LogP contribution in [-0.2, 0) is 16.1 Å². The van der Waals surface area contributed by atoms with Crippen molar-refractivity contribution >= 4 is 39.1 Å². The van der Waals surface area contributed by atoms with Gasteiger partial charge in [0.2, 0.25) is 11.8 Å². The van der Waals surface area contributed by atoms with Crippen LogP contribution in [0.4, 0.5) is 11.4 Å². The summed E-state index contributed by atoms with van der Waals surface area (Å²) in [6.45, 7) is 0.524. The number of carbonyl (C=O) groups is 2. The quantitative estimate of drug-likeness (QED) is 0.710. The Bertz CT molecular complexity index is 824. The standard InChI is InChI=1S/C21H21BrN2O2/c22-13-20(25)24-17-12-6-9-16(17)21(26)23(14-15-7-2-1-3-8-15)18-10-4-5-11-19(18)24/h1-5,7-8,10-11,16-17H,6,9,12-14H2. The zero-order valence-electron chi connectivity index (χ0n) is 14.5. The molecule has 1 saturated carbocycles. The maximum absolute atomic E-state index is 13.4. The molecule has 2 aromatic rings. The number of rotatable bonds is 3. The second-order valence-electron chi connectivity index (χ2n) is 6.90. The summed E-state index contributed by atoms with van der Waals surface area (Å²) in [5.74, 6) is 0.0199. The second-order valence-corrected chi connectivity index (χ2v) is 7.46. The predicted octanol–water partition coefficient (Wildman–Crippen LogP) is 4.13.